The second-order valence-electron chi connectivity index (χ2n) is 5.99. The smallest absolute Gasteiger partial charge is 0.307 e. The van der Waals surface area contributed by atoms with Crippen molar-refractivity contribution in [3.05, 3.63) is 46.3 Å². The Labute approximate surface area is 166 Å². The predicted octanol–water partition coefficient (Wildman–Crippen LogP) is 3.52. The Kier molecular flexibility index (Phi) is 7.44. The van der Waals surface area contributed by atoms with Crippen LogP contribution >= 0.6 is 23.1 Å². The number of nitrogens with two attached hydrogens (primary N) is 1. The number of primary amides is 1. The first kappa shape index (κ1) is 21.0. The molecular formula is C19H22N2O4S2. The number of rotatable bonds is 8. The molecule has 0 aliphatic rings. The maximum Gasteiger partial charge on any atom is 0.307 e. The summed E-state index contributed by atoms with van der Waals surface area (Å²) in [6, 6.07) is 7.68. The van der Waals surface area contributed by atoms with E-state index in [0.717, 1.165) is 4.90 Å². The Hall–Kier alpha value is -2.32. The molecule has 144 valence electrons. The molecule has 2 rings (SSSR count). The van der Waals surface area contributed by atoms with Crippen LogP contribution < -0.4 is 11.1 Å². The highest BCUT2D eigenvalue weighted by atomic mass is 32.2. The van der Waals surface area contributed by atoms with E-state index in [9.17, 15) is 14.4 Å². The molecule has 0 bridgehead atoms. The summed E-state index contributed by atoms with van der Waals surface area (Å²) < 4.78 is 5.17. The number of benzene rings is 1. The van der Waals surface area contributed by atoms with Crippen molar-refractivity contribution in [3.8, 4) is 0 Å². The molecule has 2 aromatic rings. The molecule has 2 amide bonds. The summed E-state index contributed by atoms with van der Waals surface area (Å²) in [5.41, 5.74) is 7.90. The Bertz CT molecular complexity index is 848. The van der Waals surface area contributed by atoms with E-state index in [1.165, 1.54) is 35.5 Å². The van der Waals surface area contributed by atoms with Crippen LogP contribution in [0.4, 0.5) is 5.00 Å². The molecule has 1 atom stereocenters. The quantitative estimate of drug-likeness (QED) is 0.516. The molecule has 0 fully saturated rings. The Morgan fingerprint density at radius 3 is 2.63 bits per heavy atom. The van der Waals surface area contributed by atoms with E-state index in [1.807, 2.05) is 19.1 Å². The van der Waals surface area contributed by atoms with E-state index in [2.05, 4.69) is 18.3 Å². The molecule has 0 saturated heterocycles. The number of nitrogens with one attached hydrogen (secondary N) is 1. The highest BCUT2D eigenvalue weighted by molar-refractivity contribution is 7.99. The maximum atomic E-state index is 12.1. The van der Waals surface area contributed by atoms with Crippen molar-refractivity contribution in [3.63, 3.8) is 0 Å². The Morgan fingerprint density at radius 1 is 1.22 bits per heavy atom. The molecule has 27 heavy (non-hydrogen) atoms. The van der Waals surface area contributed by atoms with Gasteiger partial charge in [0.2, 0.25) is 0 Å². The minimum Gasteiger partial charge on any atom is -0.453 e. The standard InChI is InChI=1S/C19H22N2O4S2/c1-11-4-5-14(10-12(11)2)26-9-7-16(22)25-13(3)18(24)21-19-15(17(20)23)6-8-27-19/h4-6,8,10,13H,7,9H2,1-3H3,(H2,20,23)(H,21,24)/t13-/m1/s1. The van der Waals surface area contributed by atoms with Crippen molar-refractivity contribution < 1.29 is 19.1 Å². The van der Waals surface area contributed by atoms with Gasteiger partial charge in [-0.15, -0.1) is 23.1 Å². The summed E-state index contributed by atoms with van der Waals surface area (Å²) in [4.78, 5) is 36.5. The van der Waals surface area contributed by atoms with Crippen molar-refractivity contribution in [1.82, 2.24) is 0 Å². The zero-order valence-electron chi connectivity index (χ0n) is 15.4. The third-order valence-corrected chi connectivity index (χ3v) is 5.72. The lowest BCUT2D eigenvalue weighted by atomic mass is 10.1. The van der Waals surface area contributed by atoms with E-state index in [1.54, 1.807) is 17.1 Å². The second kappa shape index (κ2) is 9.57. The first-order chi connectivity index (χ1) is 12.8. The highest BCUT2D eigenvalue weighted by Gasteiger charge is 2.20. The van der Waals surface area contributed by atoms with Crippen molar-refractivity contribution in [2.24, 2.45) is 5.73 Å². The average molecular weight is 407 g/mol. The molecule has 0 aliphatic heterocycles. The van der Waals surface area contributed by atoms with Crippen LogP contribution in [0.25, 0.3) is 0 Å². The fourth-order valence-electron chi connectivity index (χ4n) is 2.18. The largest absolute Gasteiger partial charge is 0.453 e. The average Bonchev–Trinajstić information content (AvgIpc) is 3.06. The molecule has 6 nitrogen and oxygen atoms in total. The van der Waals surface area contributed by atoms with Crippen LogP contribution in [-0.2, 0) is 14.3 Å². The van der Waals surface area contributed by atoms with Crippen LogP contribution in [0, 0.1) is 13.8 Å². The summed E-state index contributed by atoms with van der Waals surface area (Å²) in [5.74, 6) is -1.02. The lowest BCUT2D eigenvalue weighted by Gasteiger charge is -2.13. The van der Waals surface area contributed by atoms with Crippen LogP contribution in [0.5, 0.6) is 0 Å². The van der Waals surface area contributed by atoms with Crippen molar-refractivity contribution in [2.75, 3.05) is 11.1 Å². The zero-order chi connectivity index (χ0) is 20.0. The molecule has 1 aromatic heterocycles. The van der Waals surface area contributed by atoms with Gasteiger partial charge in [-0.2, -0.15) is 0 Å². The molecule has 0 saturated carbocycles. The van der Waals surface area contributed by atoms with Crippen molar-refractivity contribution >= 4 is 45.9 Å². The molecule has 1 heterocycles. The van der Waals surface area contributed by atoms with Gasteiger partial charge in [0.05, 0.1) is 12.0 Å². The second-order valence-corrected chi connectivity index (χ2v) is 8.08. The fraction of sp³-hybridized carbons (Fsp3) is 0.316. The fourth-order valence-corrected chi connectivity index (χ4v) is 3.90. The number of thiophene rings is 1. The van der Waals surface area contributed by atoms with Crippen molar-refractivity contribution in [2.45, 2.75) is 38.2 Å². The number of aryl methyl sites for hydroxylation is 2. The summed E-state index contributed by atoms with van der Waals surface area (Å²) in [6.45, 7) is 5.59. The molecular weight excluding hydrogens is 384 g/mol. The van der Waals surface area contributed by atoms with Crippen LogP contribution in [-0.4, -0.2) is 29.6 Å². The normalized spacial score (nSPS) is 11.7. The number of anilines is 1. The zero-order valence-corrected chi connectivity index (χ0v) is 17.0. The molecule has 0 radical (unpaired) electrons. The first-order valence-electron chi connectivity index (χ1n) is 8.35. The minimum atomic E-state index is -0.966. The number of carbonyl (C=O) groups excluding carboxylic acids is 3. The molecule has 0 unspecified atom stereocenters. The number of ether oxygens (including phenoxy) is 1. The van der Waals surface area contributed by atoms with Gasteiger partial charge in [-0.3, -0.25) is 14.4 Å². The van der Waals surface area contributed by atoms with Gasteiger partial charge in [0, 0.05) is 10.6 Å². The predicted molar refractivity (Wildman–Crippen MR) is 108 cm³/mol. The van der Waals surface area contributed by atoms with Gasteiger partial charge in [0.1, 0.15) is 5.00 Å². The van der Waals surface area contributed by atoms with E-state index < -0.39 is 23.9 Å². The lowest BCUT2D eigenvalue weighted by Crippen LogP contribution is -2.30. The molecule has 8 heteroatoms. The first-order valence-corrected chi connectivity index (χ1v) is 10.2. The van der Waals surface area contributed by atoms with Gasteiger partial charge in [0.25, 0.3) is 11.8 Å². The summed E-state index contributed by atoms with van der Waals surface area (Å²) in [5, 5.41) is 4.56. The topological polar surface area (TPSA) is 98.5 Å². The Morgan fingerprint density at radius 2 is 1.96 bits per heavy atom. The molecule has 3 N–H and O–H groups in total. The summed E-state index contributed by atoms with van der Waals surface area (Å²) in [7, 11) is 0. The third-order valence-electron chi connectivity index (χ3n) is 3.90. The van der Waals surface area contributed by atoms with E-state index >= 15 is 0 Å². The van der Waals surface area contributed by atoms with E-state index in [-0.39, 0.29) is 12.0 Å². The Balaban J connectivity index is 1.78. The van der Waals surface area contributed by atoms with Crippen LogP contribution in [0.15, 0.2) is 34.5 Å². The van der Waals surface area contributed by atoms with Gasteiger partial charge in [-0.25, -0.2) is 0 Å². The molecule has 0 aliphatic carbocycles. The van der Waals surface area contributed by atoms with Crippen LogP contribution in [0.1, 0.15) is 34.8 Å². The third kappa shape index (κ3) is 6.11. The van der Waals surface area contributed by atoms with Gasteiger partial charge in [-0.1, -0.05) is 6.07 Å². The van der Waals surface area contributed by atoms with Crippen molar-refractivity contribution in [1.29, 1.82) is 0 Å². The van der Waals surface area contributed by atoms with E-state index in [4.69, 9.17) is 10.5 Å². The molecule has 1 aromatic carbocycles. The maximum absolute atomic E-state index is 12.1. The molecule has 0 spiro atoms. The van der Waals surface area contributed by atoms with Crippen LogP contribution in [0.2, 0.25) is 0 Å². The number of hydrogen-bond acceptors (Lipinski definition) is 6. The number of carbonyl (C=O) groups is 3. The van der Waals surface area contributed by atoms with Gasteiger partial charge >= 0.3 is 5.97 Å². The summed E-state index contributed by atoms with van der Waals surface area (Å²) >= 11 is 2.74. The summed E-state index contributed by atoms with van der Waals surface area (Å²) in [6.07, 6.45) is -0.771. The van der Waals surface area contributed by atoms with Gasteiger partial charge < -0.3 is 15.8 Å². The monoisotopic (exact) mass is 406 g/mol. The SMILES string of the molecule is Cc1ccc(SCCC(=O)O[C@H](C)C(=O)Nc2sccc2C(N)=O)cc1C. The number of amides is 2. The highest BCUT2D eigenvalue weighted by Crippen LogP contribution is 2.23. The van der Waals surface area contributed by atoms with E-state index in [0.29, 0.717) is 10.8 Å². The minimum absolute atomic E-state index is 0.195. The number of thioether (sulfide) groups is 1. The van der Waals surface area contributed by atoms with Crippen LogP contribution in [0.3, 0.4) is 0 Å². The van der Waals surface area contributed by atoms with Gasteiger partial charge in [0.15, 0.2) is 6.10 Å². The lowest BCUT2D eigenvalue weighted by molar-refractivity contribution is -0.152. The number of esters is 1. The van der Waals surface area contributed by atoms with Gasteiger partial charge in [-0.05, 0) is 55.5 Å². The number of hydrogen-bond donors (Lipinski definition) is 2.